The van der Waals surface area contributed by atoms with Gasteiger partial charge >= 0.3 is 0 Å². The minimum Gasteiger partial charge on any atom is -0.354 e. The van der Waals surface area contributed by atoms with Crippen molar-refractivity contribution < 1.29 is 9.59 Å². The molecule has 2 aromatic carbocycles. The third-order valence-electron chi connectivity index (χ3n) is 3.64. The molecule has 5 nitrogen and oxygen atoms in total. The molecule has 0 saturated heterocycles. The van der Waals surface area contributed by atoms with Crippen LogP contribution in [0.2, 0.25) is 0 Å². The first-order valence-electron chi connectivity index (χ1n) is 8.11. The first-order valence-corrected chi connectivity index (χ1v) is 8.11. The summed E-state index contributed by atoms with van der Waals surface area (Å²) in [5.74, 6) is -0.496. The van der Waals surface area contributed by atoms with E-state index in [0.29, 0.717) is 18.7 Å². The summed E-state index contributed by atoms with van der Waals surface area (Å²) in [6.07, 6.45) is 1.67. The number of hydrogen-bond acceptors (Lipinski definition) is 3. The molecule has 0 saturated carbocycles. The highest BCUT2D eigenvalue weighted by Crippen LogP contribution is 2.14. The number of halogens is 1. The molecule has 0 heterocycles. The Morgan fingerprint density at radius 3 is 2.12 bits per heavy atom. The van der Waals surface area contributed by atoms with Crippen LogP contribution in [0.25, 0.3) is 0 Å². The largest absolute Gasteiger partial charge is 0.354 e. The lowest BCUT2D eigenvalue weighted by Crippen LogP contribution is -2.40. The molecule has 1 unspecified atom stereocenters. The molecule has 0 fully saturated rings. The Morgan fingerprint density at radius 2 is 1.52 bits per heavy atom. The summed E-state index contributed by atoms with van der Waals surface area (Å²) in [6, 6.07) is 17.4. The van der Waals surface area contributed by atoms with Crippen molar-refractivity contribution in [1.82, 2.24) is 10.6 Å². The van der Waals surface area contributed by atoms with Crippen LogP contribution in [0.3, 0.4) is 0 Å². The number of amides is 2. The summed E-state index contributed by atoms with van der Waals surface area (Å²) in [5, 5.41) is 5.68. The number of hydrogen-bond donors (Lipinski definition) is 3. The summed E-state index contributed by atoms with van der Waals surface area (Å²) in [7, 11) is 0. The van der Waals surface area contributed by atoms with Crippen LogP contribution in [-0.2, 0) is 4.79 Å². The second-order valence-corrected chi connectivity index (χ2v) is 5.47. The SMILES string of the molecule is Cl.NCCCCNC(=O)C(NC(=O)c1ccccc1)c1ccccc1. The maximum atomic E-state index is 12.5. The van der Waals surface area contributed by atoms with Crippen LogP contribution >= 0.6 is 12.4 Å². The van der Waals surface area contributed by atoms with Gasteiger partial charge in [0.15, 0.2) is 0 Å². The monoisotopic (exact) mass is 361 g/mol. The van der Waals surface area contributed by atoms with Crippen molar-refractivity contribution in [2.45, 2.75) is 18.9 Å². The van der Waals surface area contributed by atoms with Gasteiger partial charge in [0.2, 0.25) is 5.91 Å². The second kappa shape index (κ2) is 11.2. The van der Waals surface area contributed by atoms with Crippen LogP contribution in [0.15, 0.2) is 60.7 Å². The average Bonchev–Trinajstić information content (AvgIpc) is 2.64. The molecule has 134 valence electrons. The van der Waals surface area contributed by atoms with E-state index in [2.05, 4.69) is 10.6 Å². The highest BCUT2D eigenvalue weighted by Gasteiger charge is 2.22. The van der Waals surface area contributed by atoms with Crippen LogP contribution in [0.1, 0.15) is 34.8 Å². The molecule has 2 rings (SSSR count). The molecule has 4 N–H and O–H groups in total. The van der Waals surface area contributed by atoms with Crippen molar-refractivity contribution in [3.63, 3.8) is 0 Å². The number of nitrogens with two attached hydrogens (primary N) is 1. The van der Waals surface area contributed by atoms with E-state index in [1.807, 2.05) is 36.4 Å². The summed E-state index contributed by atoms with van der Waals surface area (Å²) in [4.78, 5) is 24.9. The van der Waals surface area contributed by atoms with Gasteiger partial charge < -0.3 is 16.4 Å². The zero-order chi connectivity index (χ0) is 17.2. The Hall–Kier alpha value is -2.37. The molecule has 2 amide bonds. The van der Waals surface area contributed by atoms with Gasteiger partial charge in [-0.2, -0.15) is 0 Å². The lowest BCUT2D eigenvalue weighted by molar-refractivity contribution is -0.123. The van der Waals surface area contributed by atoms with Gasteiger partial charge in [0.1, 0.15) is 6.04 Å². The molecule has 6 heteroatoms. The van der Waals surface area contributed by atoms with Crippen molar-refractivity contribution >= 4 is 24.2 Å². The molecule has 0 bridgehead atoms. The molecule has 25 heavy (non-hydrogen) atoms. The molecule has 0 aromatic heterocycles. The summed E-state index contributed by atoms with van der Waals surface area (Å²) in [5.41, 5.74) is 6.73. The fraction of sp³-hybridized carbons (Fsp3) is 0.263. The number of benzene rings is 2. The smallest absolute Gasteiger partial charge is 0.252 e. The molecular weight excluding hydrogens is 338 g/mol. The number of rotatable bonds is 8. The predicted octanol–water partition coefficient (Wildman–Crippen LogP) is 2.43. The maximum absolute atomic E-state index is 12.5. The zero-order valence-corrected chi connectivity index (χ0v) is 14.8. The molecule has 0 aliphatic carbocycles. The highest BCUT2D eigenvalue weighted by atomic mass is 35.5. The summed E-state index contributed by atoms with van der Waals surface area (Å²) in [6.45, 7) is 1.14. The fourth-order valence-electron chi connectivity index (χ4n) is 2.33. The van der Waals surface area contributed by atoms with E-state index in [1.165, 1.54) is 0 Å². The molecule has 0 aliphatic rings. The van der Waals surface area contributed by atoms with Gasteiger partial charge in [0.25, 0.3) is 5.91 Å². The normalized spacial score (nSPS) is 11.1. The average molecular weight is 362 g/mol. The van der Waals surface area contributed by atoms with Crippen molar-refractivity contribution in [1.29, 1.82) is 0 Å². The van der Waals surface area contributed by atoms with Crippen LogP contribution in [0.4, 0.5) is 0 Å². The van der Waals surface area contributed by atoms with Gasteiger partial charge in [0, 0.05) is 12.1 Å². The Labute approximate surface area is 154 Å². The first kappa shape index (κ1) is 20.7. The van der Waals surface area contributed by atoms with Crippen molar-refractivity contribution in [3.8, 4) is 0 Å². The van der Waals surface area contributed by atoms with Gasteiger partial charge in [-0.3, -0.25) is 9.59 Å². The van der Waals surface area contributed by atoms with E-state index in [9.17, 15) is 9.59 Å². The predicted molar refractivity (Wildman–Crippen MR) is 102 cm³/mol. The molecule has 2 aromatic rings. The Bertz CT molecular complexity index is 650. The minimum atomic E-state index is -0.725. The Kier molecular flexibility index (Phi) is 9.29. The third kappa shape index (κ3) is 6.57. The van der Waals surface area contributed by atoms with Gasteiger partial charge in [-0.05, 0) is 37.1 Å². The van der Waals surface area contributed by atoms with Gasteiger partial charge in [-0.15, -0.1) is 12.4 Å². The van der Waals surface area contributed by atoms with Gasteiger partial charge in [-0.1, -0.05) is 48.5 Å². The molecule has 0 spiro atoms. The van der Waals surface area contributed by atoms with E-state index in [0.717, 1.165) is 18.4 Å². The Morgan fingerprint density at radius 1 is 0.920 bits per heavy atom. The number of nitrogens with one attached hydrogen (secondary N) is 2. The minimum absolute atomic E-state index is 0. The lowest BCUT2D eigenvalue weighted by Gasteiger charge is -2.19. The Balaban J connectivity index is 0.00000312. The van der Waals surface area contributed by atoms with Crippen molar-refractivity contribution in [2.75, 3.05) is 13.1 Å². The third-order valence-corrected chi connectivity index (χ3v) is 3.64. The van der Waals surface area contributed by atoms with E-state index in [1.54, 1.807) is 24.3 Å². The van der Waals surface area contributed by atoms with Crippen LogP contribution in [-0.4, -0.2) is 24.9 Å². The number of carbonyl (C=O) groups excluding carboxylic acids is 2. The summed E-state index contributed by atoms with van der Waals surface area (Å²) >= 11 is 0. The van der Waals surface area contributed by atoms with Crippen molar-refractivity contribution in [3.05, 3.63) is 71.8 Å². The second-order valence-electron chi connectivity index (χ2n) is 5.47. The molecule has 0 radical (unpaired) electrons. The topological polar surface area (TPSA) is 84.2 Å². The quantitative estimate of drug-likeness (QED) is 0.631. The molecular formula is C19H24ClN3O2. The summed E-state index contributed by atoms with van der Waals surface area (Å²) < 4.78 is 0. The van der Waals surface area contributed by atoms with E-state index in [4.69, 9.17) is 5.73 Å². The fourth-order valence-corrected chi connectivity index (χ4v) is 2.33. The zero-order valence-electron chi connectivity index (χ0n) is 14.0. The lowest BCUT2D eigenvalue weighted by atomic mass is 10.1. The van der Waals surface area contributed by atoms with E-state index in [-0.39, 0.29) is 24.2 Å². The highest BCUT2D eigenvalue weighted by molar-refractivity contribution is 5.97. The van der Waals surface area contributed by atoms with Gasteiger partial charge in [-0.25, -0.2) is 0 Å². The van der Waals surface area contributed by atoms with Gasteiger partial charge in [0.05, 0.1) is 0 Å². The van der Waals surface area contributed by atoms with E-state index >= 15 is 0 Å². The maximum Gasteiger partial charge on any atom is 0.252 e. The van der Waals surface area contributed by atoms with Crippen molar-refractivity contribution in [2.24, 2.45) is 5.73 Å². The van der Waals surface area contributed by atoms with Crippen LogP contribution in [0.5, 0.6) is 0 Å². The van der Waals surface area contributed by atoms with E-state index < -0.39 is 6.04 Å². The number of unbranched alkanes of at least 4 members (excludes halogenated alkanes) is 1. The number of carbonyl (C=O) groups is 2. The molecule has 1 atom stereocenters. The van der Waals surface area contributed by atoms with Crippen LogP contribution < -0.4 is 16.4 Å². The standard InChI is InChI=1S/C19H23N3O2.ClH/c20-13-7-8-14-21-19(24)17(15-9-3-1-4-10-15)22-18(23)16-11-5-2-6-12-16;/h1-6,9-12,17H,7-8,13-14,20H2,(H,21,24)(H,22,23);1H. The first-order chi connectivity index (χ1) is 11.7. The van der Waals surface area contributed by atoms with Crippen LogP contribution in [0, 0.1) is 0 Å². The molecule has 0 aliphatic heterocycles.